The summed E-state index contributed by atoms with van der Waals surface area (Å²) < 4.78 is 5.39. The van der Waals surface area contributed by atoms with Crippen LogP contribution in [0.25, 0.3) is 0 Å². The molecule has 0 spiro atoms. The number of hydrogen-bond acceptors (Lipinski definition) is 2. The minimum Gasteiger partial charge on any atom is -0.481 e. The molecule has 0 saturated heterocycles. The molecule has 0 rings (SSSR count). The highest BCUT2D eigenvalue weighted by molar-refractivity contribution is 5.66. The topological polar surface area (TPSA) is 46.5 Å². The van der Waals surface area contributed by atoms with Crippen LogP contribution < -0.4 is 0 Å². The van der Waals surface area contributed by atoms with E-state index in [1.54, 1.807) is 7.11 Å². The number of unbranched alkanes of at least 4 members (excludes halogenated alkanes) is 3. The average Bonchev–Trinajstić information content (AvgIpc) is 2.47. The zero-order valence-corrected chi connectivity index (χ0v) is 13.5. The maximum absolute atomic E-state index is 10.4. The van der Waals surface area contributed by atoms with Crippen LogP contribution >= 0.6 is 0 Å². The van der Waals surface area contributed by atoms with Crippen LogP contribution in [0.5, 0.6) is 0 Å². The molecule has 0 heterocycles. The third-order valence-electron chi connectivity index (χ3n) is 3.15. The summed E-state index contributed by atoms with van der Waals surface area (Å²) in [5.74, 6) is -0.712. The predicted molar refractivity (Wildman–Crippen MR) is 88.5 cm³/mol. The van der Waals surface area contributed by atoms with Crippen molar-refractivity contribution in [1.29, 1.82) is 0 Å². The molecule has 0 fully saturated rings. The largest absolute Gasteiger partial charge is 0.481 e. The number of aliphatic carboxylic acids is 1. The maximum atomic E-state index is 10.4. The Morgan fingerprint density at radius 2 is 1.95 bits per heavy atom. The zero-order chi connectivity index (χ0) is 15.8. The Morgan fingerprint density at radius 3 is 2.62 bits per heavy atom. The summed E-state index contributed by atoms with van der Waals surface area (Å²) in [6.07, 6.45) is 20.0. The molecule has 1 atom stereocenters. The van der Waals surface area contributed by atoms with Gasteiger partial charge in [0.2, 0.25) is 0 Å². The first-order chi connectivity index (χ1) is 10.2. The minimum atomic E-state index is -0.712. The molecule has 21 heavy (non-hydrogen) atoms. The number of hydrogen-bond donors (Lipinski definition) is 1. The Labute approximate surface area is 129 Å². The molecule has 1 N–H and O–H groups in total. The Bertz CT molecular complexity index is 329. The Kier molecular flexibility index (Phi) is 14.1. The van der Waals surface area contributed by atoms with Crippen LogP contribution in [0.15, 0.2) is 36.5 Å². The molecule has 3 heteroatoms. The van der Waals surface area contributed by atoms with E-state index in [1.165, 1.54) is 6.42 Å². The Morgan fingerprint density at radius 1 is 1.14 bits per heavy atom. The summed E-state index contributed by atoms with van der Waals surface area (Å²) in [6, 6.07) is 0. The first-order valence-electron chi connectivity index (χ1n) is 7.93. The van der Waals surface area contributed by atoms with Crippen LogP contribution in [0, 0.1) is 0 Å². The van der Waals surface area contributed by atoms with E-state index in [2.05, 4.69) is 31.2 Å². The van der Waals surface area contributed by atoms with Gasteiger partial charge in [0.15, 0.2) is 0 Å². The van der Waals surface area contributed by atoms with Crippen molar-refractivity contribution in [3.8, 4) is 0 Å². The molecule has 0 aliphatic rings. The lowest BCUT2D eigenvalue weighted by Crippen LogP contribution is -2.06. The fourth-order valence-electron chi connectivity index (χ4n) is 1.90. The van der Waals surface area contributed by atoms with Crippen LogP contribution in [-0.4, -0.2) is 24.3 Å². The van der Waals surface area contributed by atoms with Gasteiger partial charge in [0.1, 0.15) is 0 Å². The lowest BCUT2D eigenvalue weighted by Gasteiger charge is -2.09. The Hall–Kier alpha value is -1.35. The van der Waals surface area contributed by atoms with E-state index in [1.807, 2.05) is 12.2 Å². The van der Waals surface area contributed by atoms with Gasteiger partial charge >= 0.3 is 5.97 Å². The van der Waals surface area contributed by atoms with Gasteiger partial charge in [-0.1, -0.05) is 62.6 Å². The molecule has 1 unspecified atom stereocenters. The van der Waals surface area contributed by atoms with Gasteiger partial charge in [-0.2, -0.15) is 0 Å². The number of carbonyl (C=O) groups is 1. The van der Waals surface area contributed by atoms with Gasteiger partial charge in [0.05, 0.1) is 6.10 Å². The molecule has 0 aromatic rings. The second-order valence-electron chi connectivity index (χ2n) is 5.08. The van der Waals surface area contributed by atoms with Crippen LogP contribution in [0.4, 0.5) is 0 Å². The van der Waals surface area contributed by atoms with Crippen LogP contribution in [-0.2, 0) is 9.53 Å². The highest BCUT2D eigenvalue weighted by Gasteiger charge is 2.02. The number of methoxy groups -OCH3 is 1. The molecule has 120 valence electrons. The number of carboxylic acid groups (broad SMARTS) is 1. The van der Waals surface area contributed by atoms with E-state index in [-0.39, 0.29) is 12.5 Å². The molecule has 0 radical (unpaired) electrons. The molecule has 3 nitrogen and oxygen atoms in total. The van der Waals surface area contributed by atoms with Gasteiger partial charge in [-0.3, -0.25) is 4.79 Å². The monoisotopic (exact) mass is 294 g/mol. The molecule has 0 aliphatic heterocycles. The van der Waals surface area contributed by atoms with Crippen LogP contribution in [0.2, 0.25) is 0 Å². The van der Waals surface area contributed by atoms with Gasteiger partial charge in [0, 0.05) is 13.5 Å². The highest BCUT2D eigenvalue weighted by atomic mass is 16.5. The van der Waals surface area contributed by atoms with Crippen molar-refractivity contribution in [1.82, 2.24) is 0 Å². The van der Waals surface area contributed by atoms with Crippen molar-refractivity contribution in [2.45, 2.75) is 64.4 Å². The molecule has 0 amide bonds. The van der Waals surface area contributed by atoms with Gasteiger partial charge in [-0.15, -0.1) is 0 Å². The third-order valence-corrected chi connectivity index (χ3v) is 3.15. The number of allylic oxidation sites excluding steroid dienone is 5. The lowest BCUT2D eigenvalue weighted by atomic mass is 10.1. The lowest BCUT2D eigenvalue weighted by molar-refractivity contribution is -0.137. The highest BCUT2D eigenvalue weighted by Crippen LogP contribution is 2.09. The quantitative estimate of drug-likeness (QED) is 0.299. The summed E-state index contributed by atoms with van der Waals surface area (Å²) in [5.41, 5.74) is 0. The normalized spacial score (nSPS) is 13.6. The molecule has 0 saturated carbocycles. The molecule has 0 bridgehead atoms. The van der Waals surface area contributed by atoms with Crippen molar-refractivity contribution in [3.63, 3.8) is 0 Å². The summed E-state index contributed by atoms with van der Waals surface area (Å²) in [6.45, 7) is 2.18. The number of ether oxygens (including phenoxy) is 1. The van der Waals surface area contributed by atoms with E-state index in [9.17, 15) is 4.79 Å². The van der Waals surface area contributed by atoms with Gasteiger partial charge in [-0.05, 0) is 25.7 Å². The average molecular weight is 294 g/mol. The van der Waals surface area contributed by atoms with E-state index in [0.29, 0.717) is 0 Å². The SMILES string of the molecule is CCCC=CCC=CC=CC(CCCCCC(=O)O)OC. The summed E-state index contributed by atoms with van der Waals surface area (Å²) in [7, 11) is 1.71. The fraction of sp³-hybridized carbons (Fsp3) is 0.611. The smallest absolute Gasteiger partial charge is 0.303 e. The summed E-state index contributed by atoms with van der Waals surface area (Å²) >= 11 is 0. The van der Waals surface area contributed by atoms with Gasteiger partial charge in [0.25, 0.3) is 0 Å². The second-order valence-corrected chi connectivity index (χ2v) is 5.08. The van der Waals surface area contributed by atoms with Gasteiger partial charge in [-0.25, -0.2) is 0 Å². The summed E-state index contributed by atoms with van der Waals surface area (Å²) in [5, 5.41) is 8.55. The first-order valence-corrected chi connectivity index (χ1v) is 7.93. The van der Waals surface area contributed by atoms with Crippen LogP contribution in [0.3, 0.4) is 0 Å². The van der Waals surface area contributed by atoms with E-state index < -0.39 is 5.97 Å². The minimum absolute atomic E-state index is 0.120. The van der Waals surface area contributed by atoms with Crippen molar-refractivity contribution in [3.05, 3.63) is 36.5 Å². The standard InChI is InChI=1S/C18H30O3/c1-3-4-5-6-7-8-9-11-14-17(21-2)15-12-10-13-16-18(19)20/h5-6,8-9,11,14,17H,3-4,7,10,12-13,15-16H2,1-2H3,(H,19,20). The van der Waals surface area contributed by atoms with Crippen LogP contribution in [0.1, 0.15) is 58.3 Å². The molecular formula is C18H30O3. The fourth-order valence-corrected chi connectivity index (χ4v) is 1.90. The summed E-state index contributed by atoms with van der Waals surface area (Å²) in [4.78, 5) is 10.4. The molecule has 0 aliphatic carbocycles. The van der Waals surface area contributed by atoms with Crippen molar-refractivity contribution in [2.24, 2.45) is 0 Å². The van der Waals surface area contributed by atoms with Crippen molar-refractivity contribution in [2.75, 3.05) is 7.11 Å². The Balaban J connectivity index is 3.73. The molecular weight excluding hydrogens is 264 g/mol. The van der Waals surface area contributed by atoms with E-state index in [4.69, 9.17) is 9.84 Å². The van der Waals surface area contributed by atoms with Gasteiger partial charge < -0.3 is 9.84 Å². The molecule has 0 aromatic carbocycles. The number of carboxylic acids is 1. The van der Waals surface area contributed by atoms with E-state index in [0.717, 1.165) is 38.5 Å². The molecule has 0 aromatic heterocycles. The zero-order valence-electron chi connectivity index (χ0n) is 13.5. The maximum Gasteiger partial charge on any atom is 0.303 e. The van der Waals surface area contributed by atoms with Crippen molar-refractivity contribution >= 4 is 5.97 Å². The van der Waals surface area contributed by atoms with E-state index >= 15 is 0 Å². The second kappa shape index (κ2) is 15.0. The predicted octanol–water partition coefficient (Wildman–Crippen LogP) is 4.90. The van der Waals surface area contributed by atoms with Crippen molar-refractivity contribution < 1.29 is 14.6 Å². The third kappa shape index (κ3) is 14.9. The first kappa shape index (κ1) is 19.7. The number of rotatable bonds is 13.